The highest BCUT2D eigenvalue weighted by molar-refractivity contribution is 6.07. The second-order valence-electron chi connectivity index (χ2n) is 8.20. The van der Waals surface area contributed by atoms with Crippen LogP contribution in [-0.4, -0.2) is 29.2 Å². The van der Waals surface area contributed by atoms with Gasteiger partial charge >= 0.3 is 0 Å². The minimum atomic E-state index is -0.338. The first-order valence-electron chi connectivity index (χ1n) is 11.7. The normalized spacial score (nSPS) is 10.9. The number of amides is 1. The molecule has 5 aromatic rings. The van der Waals surface area contributed by atoms with Crippen LogP contribution in [0.4, 0.5) is 0 Å². The second-order valence-corrected chi connectivity index (χ2v) is 8.20. The van der Waals surface area contributed by atoms with E-state index in [1.165, 1.54) is 0 Å². The molecule has 1 amide bonds. The maximum absolute atomic E-state index is 13.1. The SMILES string of the molecule is COc1cc(C=NNC(=O)c2cc(-c3cccnc3)nc3ccccc23)ccc1OCc1ccccc1. The van der Waals surface area contributed by atoms with Crippen LogP contribution in [0.5, 0.6) is 11.5 Å². The highest BCUT2D eigenvalue weighted by Crippen LogP contribution is 2.28. The van der Waals surface area contributed by atoms with Crippen molar-refractivity contribution in [2.24, 2.45) is 5.10 Å². The zero-order chi connectivity index (χ0) is 25.5. The van der Waals surface area contributed by atoms with Crippen molar-refractivity contribution in [1.82, 2.24) is 15.4 Å². The van der Waals surface area contributed by atoms with Gasteiger partial charge in [0.15, 0.2) is 11.5 Å². The molecule has 0 aliphatic carbocycles. The summed E-state index contributed by atoms with van der Waals surface area (Å²) >= 11 is 0. The third kappa shape index (κ3) is 5.62. The van der Waals surface area contributed by atoms with E-state index < -0.39 is 0 Å². The van der Waals surface area contributed by atoms with Gasteiger partial charge in [-0.2, -0.15) is 5.10 Å². The van der Waals surface area contributed by atoms with E-state index in [2.05, 4.69) is 15.5 Å². The van der Waals surface area contributed by atoms with Crippen molar-refractivity contribution in [3.8, 4) is 22.8 Å². The Balaban J connectivity index is 1.33. The van der Waals surface area contributed by atoms with Crippen LogP contribution in [0, 0.1) is 0 Å². The van der Waals surface area contributed by atoms with E-state index in [-0.39, 0.29) is 5.91 Å². The predicted molar refractivity (Wildman–Crippen MR) is 144 cm³/mol. The summed E-state index contributed by atoms with van der Waals surface area (Å²) in [5.41, 5.74) is 7.13. The van der Waals surface area contributed by atoms with Gasteiger partial charge < -0.3 is 9.47 Å². The molecule has 7 nitrogen and oxygen atoms in total. The Morgan fingerprint density at radius 3 is 2.59 bits per heavy atom. The summed E-state index contributed by atoms with van der Waals surface area (Å²) in [6, 6.07) is 28.4. The molecule has 3 aromatic carbocycles. The Hall–Kier alpha value is -5.04. The monoisotopic (exact) mass is 488 g/mol. The van der Waals surface area contributed by atoms with Gasteiger partial charge in [-0.25, -0.2) is 10.4 Å². The van der Waals surface area contributed by atoms with E-state index >= 15 is 0 Å². The van der Waals surface area contributed by atoms with Gasteiger partial charge in [0.2, 0.25) is 0 Å². The first-order chi connectivity index (χ1) is 18.2. The molecule has 2 heterocycles. The number of fused-ring (bicyclic) bond motifs is 1. The van der Waals surface area contributed by atoms with Crippen molar-refractivity contribution in [2.45, 2.75) is 6.61 Å². The Kier molecular flexibility index (Phi) is 7.13. The Morgan fingerprint density at radius 1 is 0.946 bits per heavy atom. The quantitative estimate of drug-likeness (QED) is 0.225. The lowest BCUT2D eigenvalue weighted by Gasteiger charge is -2.11. The van der Waals surface area contributed by atoms with Crippen LogP contribution in [0.2, 0.25) is 0 Å². The molecule has 182 valence electrons. The minimum absolute atomic E-state index is 0.338. The van der Waals surface area contributed by atoms with Crippen LogP contribution >= 0.6 is 0 Å². The second kappa shape index (κ2) is 11.1. The summed E-state index contributed by atoms with van der Waals surface area (Å²) in [6.07, 6.45) is 4.98. The first kappa shape index (κ1) is 23.7. The van der Waals surface area contributed by atoms with Gasteiger partial charge in [0, 0.05) is 23.3 Å². The molecular formula is C30H24N4O3. The van der Waals surface area contributed by atoms with E-state index in [1.54, 1.807) is 37.9 Å². The number of nitrogens with zero attached hydrogens (tertiary/aromatic N) is 3. The van der Waals surface area contributed by atoms with Crippen molar-refractivity contribution in [1.29, 1.82) is 0 Å². The zero-order valence-corrected chi connectivity index (χ0v) is 20.2. The van der Waals surface area contributed by atoms with Gasteiger partial charge in [-0.3, -0.25) is 9.78 Å². The number of para-hydroxylation sites is 1. The van der Waals surface area contributed by atoms with E-state index in [0.717, 1.165) is 22.1 Å². The van der Waals surface area contributed by atoms with Crippen molar-refractivity contribution in [3.05, 3.63) is 120 Å². The summed E-state index contributed by atoms with van der Waals surface area (Å²) in [6.45, 7) is 0.432. The smallest absolute Gasteiger partial charge is 0.272 e. The molecule has 5 rings (SSSR count). The lowest BCUT2D eigenvalue weighted by molar-refractivity contribution is 0.0956. The molecule has 0 spiro atoms. The molecule has 0 aliphatic rings. The van der Waals surface area contributed by atoms with E-state index in [4.69, 9.17) is 14.5 Å². The molecule has 37 heavy (non-hydrogen) atoms. The van der Waals surface area contributed by atoms with Crippen LogP contribution in [-0.2, 0) is 6.61 Å². The number of hydrogen-bond donors (Lipinski definition) is 1. The van der Waals surface area contributed by atoms with Crippen LogP contribution < -0.4 is 14.9 Å². The maximum Gasteiger partial charge on any atom is 0.272 e. The number of hydrogen-bond acceptors (Lipinski definition) is 6. The van der Waals surface area contributed by atoms with Gasteiger partial charge in [-0.1, -0.05) is 48.5 Å². The van der Waals surface area contributed by atoms with Crippen LogP contribution in [0.1, 0.15) is 21.5 Å². The van der Waals surface area contributed by atoms with Gasteiger partial charge in [-0.15, -0.1) is 0 Å². The van der Waals surface area contributed by atoms with Crippen molar-refractivity contribution >= 4 is 23.0 Å². The number of aromatic nitrogens is 2. The number of rotatable bonds is 8. The van der Waals surface area contributed by atoms with Crippen molar-refractivity contribution in [2.75, 3.05) is 7.11 Å². The third-order valence-corrected chi connectivity index (χ3v) is 5.72. The number of nitrogens with one attached hydrogen (secondary N) is 1. The average molecular weight is 489 g/mol. The number of carbonyl (C=O) groups excluding carboxylic acids is 1. The van der Waals surface area contributed by atoms with E-state index in [1.807, 2.05) is 78.9 Å². The largest absolute Gasteiger partial charge is 0.493 e. The lowest BCUT2D eigenvalue weighted by Crippen LogP contribution is -2.18. The van der Waals surface area contributed by atoms with Crippen LogP contribution in [0.3, 0.4) is 0 Å². The van der Waals surface area contributed by atoms with Gasteiger partial charge in [-0.05, 0) is 53.6 Å². The fraction of sp³-hybridized carbons (Fsp3) is 0.0667. The molecule has 7 heteroatoms. The van der Waals surface area contributed by atoms with Crippen molar-refractivity contribution < 1.29 is 14.3 Å². The highest BCUT2D eigenvalue weighted by atomic mass is 16.5. The summed E-state index contributed by atoms with van der Waals surface area (Å²) in [4.78, 5) is 22.0. The molecule has 0 fully saturated rings. The molecule has 0 radical (unpaired) electrons. The van der Waals surface area contributed by atoms with Gasteiger partial charge in [0.05, 0.1) is 30.1 Å². The highest BCUT2D eigenvalue weighted by Gasteiger charge is 2.14. The number of carbonyl (C=O) groups is 1. The average Bonchev–Trinajstić information content (AvgIpc) is 2.96. The molecule has 0 atom stereocenters. The van der Waals surface area contributed by atoms with E-state index in [9.17, 15) is 4.79 Å². The first-order valence-corrected chi connectivity index (χ1v) is 11.7. The molecule has 0 saturated carbocycles. The molecule has 0 aliphatic heterocycles. The summed E-state index contributed by atoms with van der Waals surface area (Å²) in [7, 11) is 1.59. The zero-order valence-electron chi connectivity index (χ0n) is 20.2. The molecule has 2 aromatic heterocycles. The number of benzene rings is 3. The fourth-order valence-electron chi connectivity index (χ4n) is 3.87. The summed E-state index contributed by atoms with van der Waals surface area (Å²) in [5.74, 6) is 0.862. The Labute approximate surface area is 214 Å². The van der Waals surface area contributed by atoms with E-state index in [0.29, 0.717) is 34.9 Å². The van der Waals surface area contributed by atoms with Crippen molar-refractivity contribution in [3.63, 3.8) is 0 Å². The number of pyridine rings is 2. The maximum atomic E-state index is 13.1. The van der Waals surface area contributed by atoms with Gasteiger partial charge in [0.25, 0.3) is 5.91 Å². The summed E-state index contributed by atoms with van der Waals surface area (Å²) < 4.78 is 11.4. The molecule has 0 unspecified atom stereocenters. The van der Waals surface area contributed by atoms with Crippen LogP contribution in [0.25, 0.3) is 22.2 Å². The molecular weight excluding hydrogens is 464 g/mol. The molecule has 0 bridgehead atoms. The fourth-order valence-corrected chi connectivity index (χ4v) is 3.87. The number of hydrazone groups is 1. The summed E-state index contributed by atoms with van der Waals surface area (Å²) in [5, 5.41) is 4.91. The predicted octanol–water partition coefficient (Wildman–Crippen LogP) is 5.65. The lowest BCUT2D eigenvalue weighted by atomic mass is 10.0. The standard InChI is InChI=1S/C30H24N4O3/c1-36-29-16-22(13-14-28(29)37-20-21-8-3-2-4-9-21)18-32-34-30(35)25-17-27(23-10-7-15-31-19-23)33-26-12-6-5-11-24(25)26/h2-19H,20H2,1H3,(H,34,35). The third-order valence-electron chi connectivity index (χ3n) is 5.72. The number of ether oxygens (including phenoxy) is 2. The van der Waals surface area contributed by atoms with Crippen LogP contribution in [0.15, 0.2) is 108 Å². The molecule has 0 saturated heterocycles. The Morgan fingerprint density at radius 2 is 1.78 bits per heavy atom. The van der Waals surface area contributed by atoms with Gasteiger partial charge in [0.1, 0.15) is 6.61 Å². The minimum Gasteiger partial charge on any atom is -0.493 e. The number of methoxy groups -OCH3 is 1. The Bertz CT molecular complexity index is 1550. The topological polar surface area (TPSA) is 85.7 Å². The molecule has 1 N–H and O–H groups in total.